The molecule has 0 bridgehead atoms. The molecule has 0 unspecified atom stereocenters. The second-order valence-corrected chi connectivity index (χ2v) is 9.36. The molecule has 2 saturated heterocycles. The summed E-state index contributed by atoms with van der Waals surface area (Å²) in [7, 11) is 0. The summed E-state index contributed by atoms with van der Waals surface area (Å²) in [6.07, 6.45) is 7.10. The van der Waals surface area contributed by atoms with E-state index in [-0.39, 0.29) is 5.41 Å². The Labute approximate surface area is 155 Å². The number of carbonyl (C=O) groups is 1. The van der Waals surface area contributed by atoms with E-state index in [4.69, 9.17) is 4.74 Å². The summed E-state index contributed by atoms with van der Waals surface area (Å²) in [5.41, 5.74) is 0.0766. The Morgan fingerprint density at radius 2 is 1.88 bits per heavy atom. The van der Waals surface area contributed by atoms with Gasteiger partial charge in [-0.25, -0.2) is 4.98 Å². The van der Waals surface area contributed by atoms with Gasteiger partial charge < -0.3 is 9.64 Å². The summed E-state index contributed by atoms with van der Waals surface area (Å²) in [6, 6.07) is 0.625. The second-order valence-electron chi connectivity index (χ2n) is 8.50. The van der Waals surface area contributed by atoms with Crippen molar-refractivity contribution in [1.29, 1.82) is 0 Å². The van der Waals surface area contributed by atoms with Crippen molar-refractivity contribution >= 4 is 17.2 Å². The van der Waals surface area contributed by atoms with Crippen LogP contribution in [0.2, 0.25) is 0 Å². The number of rotatable bonds is 4. The Kier molecular flexibility index (Phi) is 6.00. The number of hydrogen-bond donors (Lipinski definition) is 0. The van der Waals surface area contributed by atoms with Crippen LogP contribution < -0.4 is 4.74 Å². The van der Waals surface area contributed by atoms with Crippen molar-refractivity contribution in [2.45, 2.75) is 65.0 Å². The zero-order valence-electron chi connectivity index (χ0n) is 15.7. The monoisotopic (exact) mass is 365 g/mol. The van der Waals surface area contributed by atoms with Crippen molar-refractivity contribution in [2.24, 2.45) is 5.41 Å². The van der Waals surface area contributed by atoms with E-state index in [0.29, 0.717) is 24.5 Å². The van der Waals surface area contributed by atoms with Gasteiger partial charge in [-0.05, 0) is 31.1 Å². The SMILES string of the molecule is CC(C)(C)CC(=O)N1CCC(N2CCC(Oc3nccs3)CC2)CC1. The normalized spacial score (nSPS) is 21.5. The molecule has 0 aliphatic carbocycles. The lowest BCUT2D eigenvalue weighted by Crippen LogP contribution is -2.50. The maximum Gasteiger partial charge on any atom is 0.273 e. The highest BCUT2D eigenvalue weighted by Crippen LogP contribution is 2.26. The minimum Gasteiger partial charge on any atom is -0.467 e. The van der Waals surface area contributed by atoms with Crippen molar-refractivity contribution in [3.05, 3.63) is 11.6 Å². The van der Waals surface area contributed by atoms with Gasteiger partial charge in [-0.3, -0.25) is 9.69 Å². The Hall–Kier alpha value is -1.14. The molecule has 1 aromatic heterocycles. The van der Waals surface area contributed by atoms with Crippen LogP contribution in [0, 0.1) is 5.41 Å². The molecule has 0 radical (unpaired) electrons. The van der Waals surface area contributed by atoms with Crippen LogP contribution >= 0.6 is 11.3 Å². The van der Waals surface area contributed by atoms with Gasteiger partial charge in [0.05, 0.1) is 0 Å². The summed E-state index contributed by atoms with van der Waals surface area (Å²) < 4.78 is 5.95. The average molecular weight is 366 g/mol. The molecule has 0 aromatic carbocycles. The number of likely N-dealkylation sites (tertiary alicyclic amines) is 2. The van der Waals surface area contributed by atoms with Crippen LogP contribution in [-0.2, 0) is 4.79 Å². The molecule has 2 fully saturated rings. The van der Waals surface area contributed by atoms with Crippen LogP contribution in [0.25, 0.3) is 0 Å². The highest BCUT2D eigenvalue weighted by atomic mass is 32.1. The van der Waals surface area contributed by atoms with Gasteiger partial charge in [-0.2, -0.15) is 0 Å². The maximum atomic E-state index is 12.4. The zero-order valence-corrected chi connectivity index (χ0v) is 16.6. The Morgan fingerprint density at radius 3 is 2.44 bits per heavy atom. The Bertz CT molecular complexity index is 540. The summed E-state index contributed by atoms with van der Waals surface area (Å²) >= 11 is 1.57. The Morgan fingerprint density at radius 1 is 1.20 bits per heavy atom. The minimum absolute atomic E-state index is 0.0766. The zero-order chi connectivity index (χ0) is 17.9. The molecule has 3 heterocycles. The molecule has 1 aromatic rings. The number of thiazole rings is 1. The quantitative estimate of drug-likeness (QED) is 0.820. The molecule has 5 nitrogen and oxygen atoms in total. The molecule has 0 atom stereocenters. The van der Waals surface area contributed by atoms with Gasteiger partial charge >= 0.3 is 0 Å². The van der Waals surface area contributed by atoms with Crippen LogP contribution in [0.4, 0.5) is 0 Å². The van der Waals surface area contributed by atoms with Gasteiger partial charge in [0.1, 0.15) is 6.10 Å². The van der Waals surface area contributed by atoms with E-state index in [9.17, 15) is 4.79 Å². The predicted molar refractivity (Wildman–Crippen MR) is 101 cm³/mol. The molecule has 2 aliphatic heterocycles. The lowest BCUT2D eigenvalue weighted by atomic mass is 9.91. The predicted octanol–water partition coefficient (Wildman–Crippen LogP) is 3.41. The van der Waals surface area contributed by atoms with E-state index in [2.05, 4.69) is 35.6 Å². The van der Waals surface area contributed by atoms with Gasteiger partial charge in [0.15, 0.2) is 0 Å². The first-order chi connectivity index (χ1) is 11.9. The number of ether oxygens (including phenoxy) is 1. The standard InChI is InChI=1S/C19H31N3O2S/c1-19(2,3)14-17(23)22-9-4-15(5-10-22)21-11-6-16(7-12-21)24-18-20-8-13-25-18/h8,13,15-16H,4-7,9-12,14H2,1-3H3. The smallest absolute Gasteiger partial charge is 0.273 e. The first kappa shape index (κ1) is 18.6. The van der Waals surface area contributed by atoms with E-state index in [1.165, 1.54) is 0 Å². The molecule has 0 spiro atoms. The van der Waals surface area contributed by atoms with Crippen LogP contribution in [0.3, 0.4) is 0 Å². The number of aromatic nitrogens is 1. The van der Waals surface area contributed by atoms with E-state index in [1.807, 2.05) is 5.38 Å². The number of hydrogen-bond acceptors (Lipinski definition) is 5. The molecule has 0 saturated carbocycles. The fraction of sp³-hybridized carbons (Fsp3) is 0.789. The third-order valence-corrected chi connectivity index (χ3v) is 5.83. The highest BCUT2D eigenvalue weighted by molar-refractivity contribution is 7.11. The van der Waals surface area contributed by atoms with E-state index >= 15 is 0 Å². The fourth-order valence-electron chi connectivity index (χ4n) is 3.82. The molecule has 2 aliphatic rings. The van der Waals surface area contributed by atoms with Crippen LogP contribution in [0.5, 0.6) is 5.19 Å². The van der Waals surface area contributed by atoms with Gasteiger partial charge in [0.25, 0.3) is 5.19 Å². The number of nitrogens with zero attached hydrogens (tertiary/aromatic N) is 3. The molecular weight excluding hydrogens is 334 g/mol. The molecule has 0 N–H and O–H groups in total. The summed E-state index contributed by atoms with van der Waals surface area (Å²) in [5, 5.41) is 2.75. The van der Waals surface area contributed by atoms with Crippen molar-refractivity contribution in [3.63, 3.8) is 0 Å². The number of piperidine rings is 2. The van der Waals surface area contributed by atoms with Crippen molar-refractivity contribution in [3.8, 4) is 5.19 Å². The maximum absolute atomic E-state index is 12.4. The highest BCUT2D eigenvalue weighted by Gasteiger charge is 2.31. The lowest BCUT2D eigenvalue weighted by molar-refractivity contribution is -0.134. The molecule has 25 heavy (non-hydrogen) atoms. The molecule has 140 valence electrons. The van der Waals surface area contributed by atoms with Crippen LogP contribution in [0.1, 0.15) is 52.9 Å². The largest absolute Gasteiger partial charge is 0.467 e. The first-order valence-corrected chi connectivity index (χ1v) is 10.4. The fourth-order valence-corrected chi connectivity index (χ4v) is 4.37. The summed E-state index contributed by atoms with van der Waals surface area (Å²) in [4.78, 5) is 21.3. The van der Waals surface area contributed by atoms with E-state index in [1.54, 1.807) is 17.5 Å². The van der Waals surface area contributed by atoms with E-state index in [0.717, 1.165) is 57.1 Å². The molecule has 6 heteroatoms. The molecule has 3 rings (SSSR count). The van der Waals surface area contributed by atoms with E-state index < -0.39 is 0 Å². The third kappa shape index (κ3) is 5.42. The van der Waals surface area contributed by atoms with Gasteiger partial charge in [-0.1, -0.05) is 32.1 Å². The van der Waals surface area contributed by atoms with Gasteiger partial charge in [0, 0.05) is 50.2 Å². The number of amides is 1. The minimum atomic E-state index is 0.0766. The third-order valence-electron chi connectivity index (χ3n) is 5.17. The number of carbonyl (C=O) groups excluding carboxylic acids is 1. The van der Waals surface area contributed by atoms with Crippen molar-refractivity contribution in [2.75, 3.05) is 26.2 Å². The van der Waals surface area contributed by atoms with Crippen molar-refractivity contribution < 1.29 is 9.53 Å². The second kappa shape index (κ2) is 8.04. The lowest BCUT2D eigenvalue weighted by Gasteiger charge is -2.42. The molecule has 1 amide bonds. The van der Waals surface area contributed by atoms with Gasteiger partial charge in [0.2, 0.25) is 5.91 Å². The molecular formula is C19H31N3O2S. The topological polar surface area (TPSA) is 45.7 Å². The average Bonchev–Trinajstić information content (AvgIpc) is 3.07. The first-order valence-electron chi connectivity index (χ1n) is 9.49. The summed E-state index contributed by atoms with van der Waals surface area (Å²) in [6.45, 7) is 10.4. The summed E-state index contributed by atoms with van der Waals surface area (Å²) in [5.74, 6) is 0.321. The van der Waals surface area contributed by atoms with Crippen LogP contribution in [0.15, 0.2) is 11.6 Å². The van der Waals surface area contributed by atoms with Crippen LogP contribution in [-0.4, -0.2) is 59.0 Å². The van der Waals surface area contributed by atoms with Gasteiger partial charge in [-0.15, -0.1) is 0 Å². The Balaban J connectivity index is 1.40. The van der Waals surface area contributed by atoms with Crippen molar-refractivity contribution in [1.82, 2.24) is 14.8 Å².